The third kappa shape index (κ3) is 2.87. The minimum absolute atomic E-state index is 0.168. The van der Waals surface area contributed by atoms with Gasteiger partial charge in [-0.25, -0.2) is 0 Å². The maximum Gasteiger partial charge on any atom is 0.181 e. The van der Waals surface area contributed by atoms with Gasteiger partial charge in [0.25, 0.3) is 0 Å². The molecule has 2 atom stereocenters. The van der Waals surface area contributed by atoms with Crippen molar-refractivity contribution in [1.29, 1.82) is 0 Å². The Hall–Kier alpha value is -2.79. The molecular formula is C23H24N2O3. The van der Waals surface area contributed by atoms with Crippen molar-refractivity contribution >= 4 is 16.7 Å². The van der Waals surface area contributed by atoms with Crippen molar-refractivity contribution < 1.29 is 14.3 Å². The van der Waals surface area contributed by atoms with E-state index in [-0.39, 0.29) is 17.9 Å². The molecular weight excluding hydrogens is 352 g/mol. The number of carbonyl (C=O) groups is 1. The third-order valence-corrected chi connectivity index (χ3v) is 5.98. The molecule has 2 aliphatic rings. The molecule has 0 aliphatic carbocycles. The number of aromatic nitrogens is 1. The topological polar surface area (TPSA) is 54.6 Å². The number of benzene rings is 2. The molecule has 144 valence electrons. The smallest absolute Gasteiger partial charge is 0.181 e. The Morgan fingerprint density at radius 3 is 2.86 bits per heavy atom. The Bertz CT molecular complexity index is 1030. The van der Waals surface area contributed by atoms with Gasteiger partial charge in [0, 0.05) is 28.7 Å². The Balaban J connectivity index is 1.42. The summed E-state index contributed by atoms with van der Waals surface area (Å²) in [6.45, 7) is 4.13. The fraction of sp³-hybridized carbons (Fsp3) is 0.348. The van der Waals surface area contributed by atoms with E-state index in [9.17, 15) is 4.79 Å². The van der Waals surface area contributed by atoms with Gasteiger partial charge in [-0.05, 0) is 50.1 Å². The van der Waals surface area contributed by atoms with Crippen LogP contribution in [0.25, 0.3) is 10.9 Å². The highest BCUT2D eigenvalue weighted by molar-refractivity contribution is 6.10. The molecule has 1 fully saturated rings. The number of likely N-dealkylation sites (tertiary alicyclic amines) is 1. The second kappa shape index (κ2) is 6.99. The molecule has 0 bridgehead atoms. The first kappa shape index (κ1) is 17.3. The first-order valence-electron chi connectivity index (χ1n) is 9.98. The van der Waals surface area contributed by atoms with Crippen LogP contribution >= 0.6 is 0 Å². The number of ether oxygens (including phenoxy) is 2. The molecule has 0 unspecified atom stereocenters. The number of H-pyrrole nitrogens is 1. The van der Waals surface area contributed by atoms with Crippen LogP contribution in [-0.2, 0) is 0 Å². The molecule has 0 radical (unpaired) electrons. The number of fused-ring (bicyclic) bond motifs is 2. The van der Waals surface area contributed by atoms with Gasteiger partial charge in [0.2, 0.25) is 0 Å². The van der Waals surface area contributed by atoms with Gasteiger partial charge in [-0.1, -0.05) is 24.3 Å². The molecule has 3 heterocycles. The number of nitrogens with one attached hydrogen (secondary N) is 1. The number of aromatic amines is 1. The Morgan fingerprint density at radius 1 is 1.14 bits per heavy atom. The number of hydrogen-bond donors (Lipinski definition) is 1. The van der Waals surface area contributed by atoms with Gasteiger partial charge in [-0.15, -0.1) is 0 Å². The van der Waals surface area contributed by atoms with Gasteiger partial charge in [0.1, 0.15) is 13.2 Å². The number of Topliss-reactive ketones (excluding diaryl/α,β-unsaturated/α-hetero) is 1. The second-order valence-electron chi connectivity index (χ2n) is 7.59. The lowest BCUT2D eigenvalue weighted by Gasteiger charge is -2.30. The molecule has 2 aliphatic heterocycles. The second-order valence-corrected chi connectivity index (χ2v) is 7.59. The van der Waals surface area contributed by atoms with E-state index in [1.807, 2.05) is 43.5 Å². The van der Waals surface area contributed by atoms with Crippen molar-refractivity contribution in [3.05, 3.63) is 59.8 Å². The summed E-state index contributed by atoms with van der Waals surface area (Å²) >= 11 is 0. The molecule has 5 heteroatoms. The first-order valence-corrected chi connectivity index (χ1v) is 9.98. The summed E-state index contributed by atoms with van der Waals surface area (Å²) in [5, 5.41) is 0.995. The van der Waals surface area contributed by atoms with Crippen LogP contribution in [0.2, 0.25) is 0 Å². The van der Waals surface area contributed by atoms with Gasteiger partial charge in [-0.2, -0.15) is 0 Å². The first-order chi connectivity index (χ1) is 13.7. The Morgan fingerprint density at radius 2 is 1.96 bits per heavy atom. The van der Waals surface area contributed by atoms with E-state index in [2.05, 4.69) is 22.0 Å². The van der Waals surface area contributed by atoms with E-state index in [1.165, 1.54) is 5.56 Å². The third-order valence-electron chi connectivity index (χ3n) is 5.98. The van der Waals surface area contributed by atoms with Crippen molar-refractivity contribution in [3.8, 4) is 11.5 Å². The predicted octanol–water partition coefficient (Wildman–Crippen LogP) is 4.35. The van der Waals surface area contributed by atoms with E-state index >= 15 is 0 Å². The highest BCUT2D eigenvalue weighted by Crippen LogP contribution is 2.39. The lowest BCUT2D eigenvalue weighted by molar-refractivity contribution is 0.0821. The number of rotatable bonds is 4. The number of para-hydroxylation sites is 1. The average Bonchev–Trinajstić information content (AvgIpc) is 3.39. The summed E-state index contributed by atoms with van der Waals surface area (Å²) in [7, 11) is 0. The van der Waals surface area contributed by atoms with Gasteiger partial charge >= 0.3 is 0 Å². The van der Waals surface area contributed by atoms with Gasteiger partial charge in [0.15, 0.2) is 17.3 Å². The van der Waals surface area contributed by atoms with Crippen molar-refractivity contribution in [2.45, 2.75) is 31.8 Å². The van der Waals surface area contributed by atoms with Gasteiger partial charge < -0.3 is 14.5 Å². The molecule has 5 rings (SSSR count). The summed E-state index contributed by atoms with van der Waals surface area (Å²) in [6.07, 6.45) is 3.98. The lowest BCUT2D eigenvalue weighted by Crippen LogP contribution is -2.38. The van der Waals surface area contributed by atoms with E-state index in [4.69, 9.17) is 9.47 Å². The molecule has 1 saturated heterocycles. The van der Waals surface area contributed by atoms with Crippen molar-refractivity contribution in [2.75, 3.05) is 19.8 Å². The zero-order chi connectivity index (χ0) is 19.1. The molecule has 28 heavy (non-hydrogen) atoms. The quantitative estimate of drug-likeness (QED) is 0.688. The molecule has 0 spiro atoms. The molecule has 0 saturated carbocycles. The molecule has 5 nitrogen and oxygen atoms in total. The maximum absolute atomic E-state index is 13.3. The van der Waals surface area contributed by atoms with E-state index in [0.29, 0.717) is 13.2 Å². The minimum Gasteiger partial charge on any atom is -0.486 e. The van der Waals surface area contributed by atoms with E-state index in [0.717, 1.165) is 47.4 Å². The summed E-state index contributed by atoms with van der Waals surface area (Å²) in [5.41, 5.74) is 2.97. The highest BCUT2D eigenvalue weighted by Gasteiger charge is 2.34. The number of nitrogens with zero attached hydrogens (tertiary/aromatic N) is 1. The number of hydrogen-bond acceptors (Lipinski definition) is 4. The van der Waals surface area contributed by atoms with E-state index < -0.39 is 0 Å². The number of ketones is 1. The SMILES string of the molecule is C[C@@H](C(=O)c1c[nH]c2ccccc12)N1CCC[C@@H]1c1ccc2c(c1)OCCO2. The summed E-state index contributed by atoms with van der Waals surface area (Å²) in [4.78, 5) is 18.9. The summed E-state index contributed by atoms with van der Waals surface area (Å²) in [6, 6.07) is 14.2. The van der Waals surface area contributed by atoms with Crippen LogP contribution in [0.5, 0.6) is 11.5 Å². The normalized spacial score (nSPS) is 20.4. The zero-order valence-electron chi connectivity index (χ0n) is 16.0. The fourth-order valence-corrected chi connectivity index (χ4v) is 4.53. The van der Waals surface area contributed by atoms with Crippen LogP contribution in [0.3, 0.4) is 0 Å². The molecule has 2 aromatic carbocycles. The van der Waals surface area contributed by atoms with Crippen LogP contribution in [0.15, 0.2) is 48.7 Å². The van der Waals surface area contributed by atoms with Crippen LogP contribution in [-0.4, -0.2) is 41.5 Å². The van der Waals surface area contributed by atoms with Crippen molar-refractivity contribution in [1.82, 2.24) is 9.88 Å². The van der Waals surface area contributed by atoms with Gasteiger partial charge in [0.05, 0.1) is 6.04 Å². The van der Waals surface area contributed by atoms with Crippen LogP contribution in [0.1, 0.15) is 41.7 Å². The van der Waals surface area contributed by atoms with Crippen LogP contribution < -0.4 is 9.47 Å². The van der Waals surface area contributed by atoms with Crippen molar-refractivity contribution in [2.24, 2.45) is 0 Å². The summed E-state index contributed by atoms with van der Waals surface area (Å²) < 4.78 is 11.4. The van der Waals surface area contributed by atoms with Crippen molar-refractivity contribution in [3.63, 3.8) is 0 Å². The van der Waals surface area contributed by atoms with Gasteiger partial charge in [-0.3, -0.25) is 9.69 Å². The molecule has 3 aromatic rings. The van der Waals surface area contributed by atoms with Crippen LogP contribution in [0.4, 0.5) is 0 Å². The van der Waals surface area contributed by atoms with E-state index in [1.54, 1.807) is 0 Å². The standard InChI is InChI=1S/C23H24N2O3/c1-15(23(26)18-14-24-19-6-3-2-5-17(18)19)25-10-4-7-20(25)16-8-9-21-22(13-16)28-12-11-27-21/h2-3,5-6,8-9,13-15,20,24H,4,7,10-12H2,1H3/t15-,20+/m0/s1. The zero-order valence-corrected chi connectivity index (χ0v) is 16.0. The lowest BCUT2D eigenvalue weighted by atomic mass is 9.99. The monoisotopic (exact) mass is 376 g/mol. The highest BCUT2D eigenvalue weighted by atomic mass is 16.6. The predicted molar refractivity (Wildman–Crippen MR) is 108 cm³/mol. The molecule has 1 N–H and O–H groups in total. The Kier molecular flexibility index (Phi) is 4.32. The molecule has 0 amide bonds. The maximum atomic E-state index is 13.3. The minimum atomic E-state index is -0.181. The fourth-order valence-electron chi connectivity index (χ4n) is 4.53. The number of carbonyl (C=O) groups excluding carboxylic acids is 1. The largest absolute Gasteiger partial charge is 0.486 e. The summed E-state index contributed by atoms with van der Waals surface area (Å²) in [5.74, 6) is 1.79. The Labute approximate surface area is 164 Å². The average molecular weight is 376 g/mol. The molecule has 1 aromatic heterocycles. The van der Waals surface area contributed by atoms with Crippen LogP contribution in [0, 0.1) is 0 Å².